The van der Waals surface area contributed by atoms with Crippen molar-refractivity contribution in [3.8, 4) is 0 Å². The first-order chi connectivity index (χ1) is 13.4. The lowest BCUT2D eigenvalue weighted by Gasteiger charge is -2.35. The normalized spacial score (nSPS) is 19.5. The van der Waals surface area contributed by atoms with Crippen molar-refractivity contribution < 1.29 is 9.59 Å². The van der Waals surface area contributed by atoms with Crippen molar-refractivity contribution in [2.45, 2.75) is 45.2 Å². The summed E-state index contributed by atoms with van der Waals surface area (Å²) in [5.74, 6) is 0.214. The van der Waals surface area contributed by atoms with E-state index in [9.17, 15) is 9.59 Å². The van der Waals surface area contributed by atoms with E-state index in [0.29, 0.717) is 13.1 Å². The molecule has 0 spiro atoms. The summed E-state index contributed by atoms with van der Waals surface area (Å²) >= 11 is 0. The maximum Gasteiger partial charge on any atom is 0.319 e. The quantitative estimate of drug-likeness (QED) is 0.865. The van der Waals surface area contributed by atoms with Crippen molar-refractivity contribution in [2.24, 2.45) is 5.92 Å². The Bertz CT molecular complexity index is 675. The van der Waals surface area contributed by atoms with Gasteiger partial charge in [-0.25, -0.2) is 4.79 Å². The first-order valence-corrected chi connectivity index (χ1v) is 10.5. The number of urea groups is 1. The van der Waals surface area contributed by atoms with Crippen LogP contribution >= 0.6 is 0 Å². The maximum atomic E-state index is 12.6. The SMILES string of the molecule is Cc1cccc(CN2CCC(NC(=O)C3CCN(C(=O)N(C)C)CC3)CC2)c1. The second-order valence-electron chi connectivity index (χ2n) is 8.49. The number of hydrogen-bond donors (Lipinski definition) is 1. The molecular weight excluding hydrogens is 352 g/mol. The van der Waals surface area contributed by atoms with Gasteiger partial charge in [-0.1, -0.05) is 29.8 Å². The van der Waals surface area contributed by atoms with Crippen LogP contribution in [0.25, 0.3) is 0 Å². The minimum Gasteiger partial charge on any atom is -0.353 e. The molecule has 1 N–H and O–H groups in total. The van der Waals surface area contributed by atoms with Crippen LogP contribution in [0.1, 0.15) is 36.8 Å². The number of amides is 3. The van der Waals surface area contributed by atoms with Gasteiger partial charge in [0.15, 0.2) is 0 Å². The van der Waals surface area contributed by atoms with Crippen molar-refractivity contribution in [2.75, 3.05) is 40.3 Å². The second-order valence-corrected chi connectivity index (χ2v) is 8.49. The molecule has 28 heavy (non-hydrogen) atoms. The van der Waals surface area contributed by atoms with Crippen LogP contribution in [0.2, 0.25) is 0 Å². The fourth-order valence-corrected chi connectivity index (χ4v) is 4.24. The standard InChI is InChI=1S/C22H34N4O2/c1-17-5-4-6-18(15-17)16-25-11-9-20(10-12-25)23-21(27)19-7-13-26(14-8-19)22(28)24(2)3/h4-6,15,19-20H,7-14,16H2,1-3H3,(H,23,27). The molecule has 0 aliphatic carbocycles. The highest BCUT2D eigenvalue weighted by atomic mass is 16.2. The number of hydrogen-bond acceptors (Lipinski definition) is 3. The molecule has 6 nitrogen and oxygen atoms in total. The van der Waals surface area contributed by atoms with Crippen LogP contribution in [0.4, 0.5) is 4.79 Å². The number of likely N-dealkylation sites (tertiary alicyclic amines) is 2. The largest absolute Gasteiger partial charge is 0.353 e. The Balaban J connectivity index is 1.39. The molecule has 2 heterocycles. The Hall–Kier alpha value is -2.08. The van der Waals surface area contributed by atoms with E-state index in [4.69, 9.17) is 0 Å². The zero-order valence-corrected chi connectivity index (χ0v) is 17.5. The molecule has 2 fully saturated rings. The fraction of sp³-hybridized carbons (Fsp3) is 0.636. The third kappa shape index (κ3) is 5.47. The summed E-state index contributed by atoms with van der Waals surface area (Å²) in [7, 11) is 3.54. The predicted octanol–water partition coefficient (Wildman–Crippen LogP) is 2.47. The van der Waals surface area contributed by atoms with E-state index in [1.165, 1.54) is 11.1 Å². The first-order valence-electron chi connectivity index (χ1n) is 10.5. The zero-order chi connectivity index (χ0) is 20.1. The first kappa shape index (κ1) is 20.6. The number of aryl methyl sites for hydroxylation is 1. The minimum atomic E-state index is 0.0385. The summed E-state index contributed by atoms with van der Waals surface area (Å²) < 4.78 is 0. The van der Waals surface area contributed by atoms with Gasteiger partial charge in [0, 0.05) is 58.8 Å². The highest BCUT2D eigenvalue weighted by Gasteiger charge is 2.29. The molecule has 2 saturated heterocycles. The van der Waals surface area contributed by atoms with Crippen molar-refractivity contribution in [1.29, 1.82) is 0 Å². The lowest BCUT2D eigenvalue weighted by atomic mass is 9.94. The van der Waals surface area contributed by atoms with Gasteiger partial charge in [0.05, 0.1) is 0 Å². The number of nitrogens with zero attached hydrogens (tertiary/aromatic N) is 3. The fourth-order valence-electron chi connectivity index (χ4n) is 4.24. The molecule has 0 saturated carbocycles. The van der Waals surface area contributed by atoms with Gasteiger partial charge in [-0.3, -0.25) is 9.69 Å². The highest BCUT2D eigenvalue weighted by Crippen LogP contribution is 2.20. The summed E-state index contributed by atoms with van der Waals surface area (Å²) in [6, 6.07) is 9.01. The second kappa shape index (κ2) is 9.41. The van der Waals surface area contributed by atoms with Gasteiger partial charge in [0.2, 0.25) is 5.91 Å². The molecule has 3 amide bonds. The molecule has 154 valence electrons. The van der Waals surface area contributed by atoms with E-state index in [0.717, 1.165) is 45.3 Å². The molecule has 1 aromatic rings. The lowest BCUT2D eigenvalue weighted by molar-refractivity contribution is -0.127. The van der Waals surface area contributed by atoms with Crippen molar-refractivity contribution in [3.63, 3.8) is 0 Å². The summed E-state index contributed by atoms with van der Waals surface area (Å²) in [6.45, 7) is 6.50. The Morgan fingerprint density at radius 2 is 1.75 bits per heavy atom. The van der Waals surface area contributed by atoms with Crippen molar-refractivity contribution in [1.82, 2.24) is 20.0 Å². The summed E-state index contributed by atoms with van der Waals surface area (Å²) in [4.78, 5) is 30.6. The van der Waals surface area contributed by atoms with Crippen LogP contribution in [-0.2, 0) is 11.3 Å². The van der Waals surface area contributed by atoms with Crippen LogP contribution in [0, 0.1) is 12.8 Å². The Morgan fingerprint density at radius 1 is 1.07 bits per heavy atom. The van der Waals surface area contributed by atoms with E-state index in [-0.39, 0.29) is 23.9 Å². The molecule has 0 bridgehead atoms. The van der Waals surface area contributed by atoms with Crippen LogP contribution in [0.5, 0.6) is 0 Å². The van der Waals surface area contributed by atoms with Crippen LogP contribution < -0.4 is 5.32 Å². The molecule has 1 aromatic carbocycles. The average molecular weight is 387 g/mol. The topological polar surface area (TPSA) is 55.9 Å². The van der Waals surface area contributed by atoms with Gasteiger partial charge >= 0.3 is 6.03 Å². The van der Waals surface area contributed by atoms with Gasteiger partial charge < -0.3 is 15.1 Å². The highest BCUT2D eigenvalue weighted by molar-refractivity contribution is 5.80. The van der Waals surface area contributed by atoms with E-state index in [1.54, 1.807) is 19.0 Å². The average Bonchev–Trinajstić information content (AvgIpc) is 2.69. The molecule has 3 rings (SSSR count). The number of carbonyl (C=O) groups is 2. The van der Waals surface area contributed by atoms with Crippen molar-refractivity contribution >= 4 is 11.9 Å². The maximum absolute atomic E-state index is 12.6. The minimum absolute atomic E-state index is 0.0385. The number of rotatable bonds is 4. The Labute approximate surface area is 168 Å². The lowest BCUT2D eigenvalue weighted by Crippen LogP contribution is -2.49. The van der Waals surface area contributed by atoms with Gasteiger partial charge in [0.1, 0.15) is 0 Å². The Kier molecular flexibility index (Phi) is 6.94. The van der Waals surface area contributed by atoms with Crippen molar-refractivity contribution in [3.05, 3.63) is 35.4 Å². The predicted molar refractivity (Wildman–Crippen MR) is 111 cm³/mol. The number of piperidine rings is 2. The van der Waals surface area contributed by atoms with Crippen LogP contribution in [0.3, 0.4) is 0 Å². The molecule has 0 radical (unpaired) electrons. The van der Waals surface area contributed by atoms with Crippen LogP contribution in [0.15, 0.2) is 24.3 Å². The summed E-state index contributed by atoms with van der Waals surface area (Å²) in [5.41, 5.74) is 2.67. The Morgan fingerprint density at radius 3 is 2.36 bits per heavy atom. The number of carbonyl (C=O) groups excluding carboxylic acids is 2. The van der Waals surface area contributed by atoms with Gasteiger partial charge in [-0.2, -0.15) is 0 Å². The van der Waals surface area contributed by atoms with E-state index >= 15 is 0 Å². The van der Waals surface area contributed by atoms with Gasteiger partial charge in [-0.05, 0) is 38.2 Å². The summed E-state index contributed by atoms with van der Waals surface area (Å²) in [5, 5.41) is 3.27. The smallest absolute Gasteiger partial charge is 0.319 e. The number of nitrogens with one attached hydrogen (secondary N) is 1. The molecule has 6 heteroatoms. The number of benzene rings is 1. The van der Waals surface area contributed by atoms with Crippen LogP contribution in [-0.4, -0.2) is 73.0 Å². The summed E-state index contributed by atoms with van der Waals surface area (Å²) in [6.07, 6.45) is 3.54. The van der Waals surface area contributed by atoms with E-state index < -0.39 is 0 Å². The third-order valence-corrected chi connectivity index (χ3v) is 5.94. The van der Waals surface area contributed by atoms with Gasteiger partial charge in [0.25, 0.3) is 0 Å². The molecule has 0 aromatic heterocycles. The zero-order valence-electron chi connectivity index (χ0n) is 17.5. The van der Waals surface area contributed by atoms with Gasteiger partial charge in [-0.15, -0.1) is 0 Å². The van der Waals surface area contributed by atoms with E-state index in [1.807, 2.05) is 4.90 Å². The molecule has 2 aliphatic heterocycles. The molecule has 0 unspecified atom stereocenters. The molecule has 2 aliphatic rings. The molecular formula is C22H34N4O2. The van der Waals surface area contributed by atoms with E-state index in [2.05, 4.69) is 41.4 Å². The third-order valence-electron chi connectivity index (χ3n) is 5.94. The molecule has 0 atom stereocenters. The monoisotopic (exact) mass is 386 g/mol.